The minimum Gasteiger partial charge on any atom is -0.374 e. The molecule has 2 N–H and O–H groups in total. The van der Waals surface area contributed by atoms with Crippen molar-refractivity contribution in [2.75, 3.05) is 7.11 Å². The third-order valence-electron chi connectivity index (χ3n) is 2.64. The Morgan fingerprint density at radius 2 is 2.22 bits per heavy atom. The van der Waals surface area contributed by atoms with E-state index < -0.39 is 0 Å². The van der Waals surface area contributed by atoms with Gasteiger partial charge in [0.1, 0.15) is 11.9 Å². The third kappa shape index (κ3) is 4.58. The summed E-state index contributed by atoms with van der Waals surface area (Å²) in [4.78, 5) is 18.8. The van der Waals surface area contributed by atoms with Gasteiger partial charge in [-0.15, -0.1) is 0 Å². The predicted octanol–water partition coefficient (Wildman–Crippen LogP) is 1.76. The van der Waals surface area contributed by atoms with Crippen LogP contribution in [0.5, 0.6) is 0 Å². The van der Waals surface area contributed by atoms with Gasteiger partial charge in [0.25, 0.3) is 5.56 Å². The summed E-state index contributed by atoms with van der Waals surface area (Å²) in [7, 11) is 1.64. The SMILES string of the molecule is CCCC(OC)c1nc(CNC(C)C)cc(=O)[nH]1. The van der Waals surface area contributed by atoms with Gasteiger partial charge in [-0.1, -0.05) is 27.2 Å². The van der Waals surface area contributed by atoms with Gasteiger partial charge < -0.3 is 15.0 Å². The molecule has 0 spiro atoms. The maximum atomic E-state index is 11.6. The van der Waals surface area contributed by atoms with E-state index in [1.54, 1.807) is 7.11 Å². The molecule has 5 heteroatoms. The highest BCUT2D eigenvalue weighted by Gasteiger charge is 2.13. The number of H-pyrrole nitrogens is 1. The van der Waals surface area contributed by atoms with Crippen molar-refractivity contribution in [1.82, 2.24) is 15.3 Å². The molecule has 102 valence electrons. The van der Waals surface area contributed by atoms with Crippen molar-refractivity contribution in [3.63, 3.8) is 0 Å². The average molecular weight is 253 g/mol. The molecule has 0 bridgehead atoms. The average Bonchev–Trinajstić information content (AvgIpc) is 2.32. The van der Waals surface area contributed by atoms with E-state index in [0.29, 0.717) is 18.4 Å². The van der Waals surface area contributed by atoms with Crippen molar-refractivity contribution in [2.24, 2.45) is 0 Å². The fourth-order valence-electron chi connectivity index (χ4n) is 1.71. The number of nitrogens with one attached hydrogen (secondary N) is 2. The van der Waals surface area contributed by atoms with Crippen LogP contribution < -0.4 is 10.9 Å². The van der Waals surface area contributed by atoms with Gasteiger partial charge in [-0.3, -0.25) is 4.79 Å². The Morgan fingerprint density at radius 1 is 1.50 bits per heavy atom. The lowest BCUT2D eigenvalue weighted by Gasteiger charge is -2.14. The quantitative estimate of drug-likeness (QED) is 0.777. The first kappa shape index (κ1) is 14.9. The molecule has 1 unspecified atom stereocenters. The zero-order valence-corrected chi connectivity index (χ0v) is 11.6. The summed E-state index contributed by atoms with van der Waals surface area (Å²) in [5.41, 5.74) is 0.624. The molecule has 0 radical (unpaired) electrons. The number of hydrogen-bond acceptors (Lipinski definition) is 4. The molecule has 1 aromatic rings. The molecule has 0 saturated heterocycles. The lowest BCUT2D eigenvalue weighted by atomic mass is 10.2. The second-order valence-electron chi connectivity index (χ2n) is 4.67. The summed E-state index contributed by atoms with van der Waals surface area (Å²) in [5, 5.41) is 3.25. The Bertz CT molecular complexity index is 415. The lowest BCUT2D eigenvalue weighted by Crippen LogP contribution is -2.25. The molecular weight excluding hydrogens is 230 g/mol. The van der Waals surface area contributed by atoms with Gasteiger partial charge in [-0.25, -0.2) is 4.98 Å². The zero-order valence-electron chi connectivity index (χ0n) is 11.6. The first-order valence-electron chi connectivity index (χ1n) is 6.43. The first-order chi connectivity index (χ1) is 8.56. The van der Waals surface area contributed by atoms with Crippen molar-refractivity contribution in [2.45, 2.75) is 52.3 Å². The van der Waals surface area contributed by atoms with Crippen LogP contribution in [-0.2, 0) is 11.3 Å². The molecule has 0 aliphatic carbocycles. The normalized spacial score (nSPS) is 12.9. The first-order valence-corrected chi connectivity index (χ1v) is 6.43. The Balaban J connectivity index is 2.88. The van der Waals surface area contributed by atoms with Crippen molar-refractivity contribution in [3.05, 3.63) is 27.9 Å². The smallest absolute Gasteiger partial charge is 0.251 e. The zero-order chi connectivity index (χ0) is 13.5. The van der Waals surface area contributed by atoms with E-state index >= 15 is 0 Å². The number of rotatable bonds is 7. The molecule has 0 aromatic carbocycles. The van der Waals surface area contributed by atoms with Crippen LogP contribution >= 0.6 is 0 Å². The van der Waals surface area contributed by atoms with E-state index in [9.17, 15) is 4.79 Å². The van der Waals surface area contributed by atoms with Crippen LogP contribution in [0.15, 0.2) is 10.9 Å². The molecule has 5 nitrogen and oxygen atoms in total. The topological polar surface area (TPSA) is 67.0 Å². The van der Waals surface area contributed by atoms with Crippen molar-refractivity contribution in [1.29, 1.82) is 0 Å². The van der Waals surface area contributed by atoms with Gasteiger partial charge in [0.05, 0.1) is 5.69 Å². The van der Waals surface area contributed by atoms with E-state index in [0.717, 1.165) is 18.5 Å². The Kier molecular flexibility index (Phi) is 6.01. The van der Waals surface area contributed by atoms with Crippen LogP contribution in [0, 0.1) is 0 Å². The van der Waals surface area contributed by atoms with E-state index in [1.165, 1.54) is 6.07 Å². The summed E-state index contributed by atoms with van der Waals surface area (Å²) < 4.78 is 5.36. The molecule has 1 aromatic heterocycles. The molecule has 0 aliphatic heterocycles. The molecule has 0 saturated carbocycles. The van der Waals surface area contributed by atoms with Gasteiger partial charge >= 0.3 is 0 Å². The fourth-order valence-corrected chi connectivity index (χ4v) is 1.71. The summed E-state index contributed by atoms with van der Waals surface area (Å²) in [6, 6.07) is 1.89. The van der Waals surface area contributed by atoms with Gasteiger partial charge in [-0.05, 0) is 6.42 Å². The van der Waals surface area contributed by atoms with Crippen molar-refractivity contribution >= 4 is 0 Å². The number of aromatic amines is 1. The van der Waals surface area contributed by atoms with E-state index in [4.69, 9.17) is 4.74 Å². The second-order valence-corrected chi connectivity index (χ2v) is 4.67. The maximum Gasteiger partial charge on any atom is 0.251 e. The number of aromatic nitrogens is 2. The van der Waals surface area contributed by atoms with Crippen molar-refractivity contribution in [3.8, 4) is 0 Å². The maximum absolute atomic E-state index is 11.6. The molecule has 18 heavy (non-hydrogen) atoms. The lowest BCUT2D eigenvalue weighted by molar-refractivity contribution is 0.0871. The van der Waals surface area contributed by atoms with E-state index in [1.807, 2.05) is 0 Å². The molecule has 0 amide bonds. The van der Waals surface area contributed by atoms with E-state index in [2.05, 4.69) is 36.1 Å². The molecule has 0 fully saturated rings. The van der Waals surface area contributed by atoms with Gasteiger partial charge in [0.2, 0.25) is 0 Å². The highest BCUT2D eigenvalue weighted by atomic mass is 16.5. The summed E-state index contributed by atoms with van der Waals surface area (Å²) >= 11 is 0. The molecule has 1 heterocycles. The highest BCUT2D eigenvalue weighted by Crippen LogP contribution is 2.17. The van der Waals surface area contributed by atoms with Gasteiger partial charge in [0, 0.05) is 25.8 Å². The summed E-state index contributed by atoms with van der Waals surface area (Å²) in [5.74, 6) is 0.618. The van der Waals surface area contributed by atoms with Crippen LogP contribution in [0.25, 0.3) is 0 Å². The number of ether oxygens (including phenoxy) is 1. The monoisotopic (exact) mass is 253 g/mol. The van der Waals surface area contributed by atoms with Crippen LogP contribution in [0.4, 0.5) is 0 Å². The predicted molar refractivity (Wildman–Crippen MR) is 71.5 cm³/mol. The number of nitrogens with zero attached hydrogens (tertiary/aromatic N) is 1. The Hall–Kier alpha value is -1.20. The Labute approximate surface area is 108 Å². The van der Waals surface area contributed by atoms with Gasteiger partial charge in [0.15, 0.2) is 0 Å². The Morgan fingerprint density at radius 3 is 2.78 bits per heavy atom. The number of methoxy groups -OCH3 is 1. The highest BCUT2D eigenvalue weighted by molar-refractivity contribution is 5.04. The van der Waals surface area contributed by atoms with Crippen LogP contribution in [-0.4, -0.2) is 23.1 Å². The molecular formula is C13H23N3O2. The van der Waals surface area contributed by atoms with Crippen LogP contribution in [0.1, 0.15) is 51.2 Å². The van der Waals surface area contributed by atoms with E-state index in [-0.39, 0.29) is 11.7 Å². The van der Waals surface area contributed by atoms with Gasteiger partial charge in [-0.2, -0.15) is 0 Å². The largest absolute Gasteiger partial charge is 0.374 e. The molecule has 0 aliphatic rings. The minimum atomic E-state index is -0.137. The minimum absolute atomic E-state index is 0.126. The summed E-state index contributed by atoms with van der Waals surface area (Å²) in [6.45, 7) is 6.79. The van der Waals surface area contributed by atoms with Crippen LogP contribution in [0.2, 0.25) is 0 Å². The third-order valence-corrected chi connectivity index (χ3v) is 2.64. The van der Waals surface area contributed by atoms with Crippen LogP contribution in [0.3, 0.4) is 0 Å². The molecule has 1 rings (SSSR count). The fraction of sp³-hybridized carbons (Fsp3) is 0.692. The summed E-state index contributed by atoms with van der Waals surface area (Å²) in [6.07, 6.45) is 1.69. The standard InChI is InChI=1S/C13H23N3O2/c1-5-6-11(18-4)13-15-10(7-12(17)16-13)8-14-9(2)3/h7,9,11,14H,5-6,8H2,1-4H3,(H,15,16,17). The second kappa shape index (κ2) is 7.28. The van der Waals surface area contributed by atoms with Crippen molar-refractivity contribution < 1.29 is 4.74 Å². The number of hydrogen-bond donors (Lipinski definition) is 2. The molecule has 1 atom stereocenters.